The number of furan rings is 1. The monoisotopic (exact) mass is 271 g/mol. The summed E-state index contributed by atoms with van der Waals surface area (Å²) >= 11 is 0. The molecule has 2 heterocycles. The van der Waals surface area contributed by atoms with E-state index in [2.05, 4.69) is 4.98 Å². The molecule has 0 saturated heterocycles. The Labute approximate surface area is 122 Å². The molecule has 3 nitrogen and oxygen atoms in total. The summed E-state index contributed by atoms with van der Waals surface area (Å²) in [5.74, 6) is 0. The first kappa shape index (κ1) is 10.6. The number of rotatable bonds is 1. The van der Waals surface area contributed by atoms with Gasteiger partial charge in [0.25, 0.3) is 0 Å². The van der Waals surface area contributed by atoms with Crippen LogP contribution in [0, 0.1) is 11.3 Å². The predicted molar refractivity (Wildman–Crippen MR) is 81.7 cm³/mol. The molecule has 21 heavy (non-hydrogen) atoms. The Kier molecular flexibility index (Phi) is 2.26. The molecule has 0 unspecified atom stereocenters. The van der Waals surface area contributed by atoms with E-state index in [1.165, 1.54) is 0 Å². The Morgan fingerprint density at radius 2 is 2.00 bits per heavy atom. The second kappa shape index (κ2) is 4.46. The van der Waals surface area contributed by atoms with Gasteiger partial charge in [-0.05, 0) is 36.4 Å². The predicted octanol–water partition coefficient (Wildman–Crippen LogP) is 4.52. The quantitative estimate of drug-likeness (QED) is 0.511. The van der Waals surface area contributed by atoms with Gasteiger partial charge in [-0.3, -0.25) is 4.98 Å². The summed E-state index contributed by atoms with van der Waals surface area (Å²) in [7, 11) is 0. The van der Waals surface area contributed by atoms with Crippen molar-refractivity contribution in [2.75, 3.05) is 0 Å². The molecule has 0 bridgehead atoms. The third kappa shape index (κ3) is 1.78. The molecule has 98 valence electrons. The van der Waals surface area contributed by atoms with Crippen molar-refractivity contribution in [1.82, 2.24) is 4.98 Å². The molecule has 0 aliphatic rings. The Morgan fingerprint density at radius 1 is 1.05 bits per heavy atom. The average molecular weight is 271 g/mol. The van der Waals surface area contributed by atoms with Crippen LogP contribution in [0.25, 0.3) is 33.2 Å². The number of nitriles is 1. The van der Waals surface area contributed by atoms with Gasteiger partial charge in [-0.1, -0.05) is 18.2 Å². The number of hydrogen-bond acceptors (Lipinski definition) is 3. The van der Waals surface area contributed by atoms with Crippen LogP contribution >= 0.6 is 0 Å². The minimum atomic E-state index is 0.128. The number of fused-ring (bicyclic) bond motifs is 3. The summed E-state index contributed by atoms with van der Waals surface area (Å²) in [5.41, 5.74) is 3.15. The molecule has 0 amide bonds. The zero-order valence-corrected chi connectivity index (χ0v) is 11.0. The maximum absolute atomic E-state index is 9.06. The van der Waals surface area contributed by atoms with Gasteiger partial charge in [-0.25, -0.2) is 0 Å². The highest BCUT2D eigenvalue weighted by atomic mass is 16.3. The molecule has 0 radical (unpaired) electrons. The first-order valence-electron chi connectivity index (χ1n) is 7.06. The van der Waals surface area contributed by atoms with E-state index in [-0.39, 0.29) is 6.04 Å². The van der Waals surface area contributed by atoms with Crippen LogP contribution in [0.2, 0.25) is 0 Å². The van der Waals surface area contributed by atoms with E-state index in [0.717, 1.165) is 22.0 Å². The summed E-state index contributed by atoms with van der Waals surface area (Å²) in [6, 6.07) is 17.2. The second-order valence-electron chi connectivity index (χ2n) is 4.73. The molecule has 0 aliphatic carbocycles. The summed E-state index contributed by atoms with van der Waals surface area (Å²) < 4.78 is 14.0. The number of hydrogen-bond donors (Lipinski definition) is 0. The molecular formula is C18H10N2O. The van der Waals surface area contributed by atoms with Gasteiger partial charge in [0.05, 0.1) is 18.7 Å². The van der Waals surface area contributed by atoms with Crippen molar-refractivity contribution >= 4 is 21.9 Å². The van der Waals surface area contributed by atoms with Crippen LogP contribution in [0.4, 0.5) is 0 Å². The van der Waals surface area contributed by atoms with Crippen molar-refractivity contribution in [3.63, 3.8) is 0 Å². The number of benzene rings is 2. The zero-order chi connectivity index (χ0) is 15.1. The molecule has 0 fully saturated rings. The first-order valence-corrected chi connectivity index (χ1v) is 6.56. The van der Waals surface area contributed by atoms with Crippen LogP contribution in [0.1, 0.15) is 6.93 Å². The SMILES string of the molecule is [2H]c1c(C#N)ccc2c1oc1c(-c3ccccn3)cccc12. The highest BCUT2D eigenvalue weighted by Gasteiger charge is 2.12. The van der Waals surface area contributed by atoms with Crippen LogP contribution in [0.5, 0.6) is 0 Å². The van der Waals surface area contributed by atoms with Crippen molar-refractivity contribution < 1.29 is 5.79 Å². The van der Waals surface area contributed by atoms with E-state index in [1.54, 1.807) is 12.3 Å². The van der Waals surface area contributed by atoms with E-state index in [4.69, 9.17) is 11.0 Å². The molecule has 0 atom stereocenters. The van der Waals surface area contributed by atoms with E-state index in [9.17, 15) is 0 Å². The van der Waals surface area contributed by atoms with Gasteiger partial charge in [0.1, 0.15) is 11.2 Å². The second-order valence-corrected chi connectivity index (χ2v) is 4.73. The molecular weight excluding hydrogens is 260 g/mol. The minimum Gasteiger partial charge on any atom is -0.455 e. The van der Waals surface area contributed by atoms with Crippen molar-refractivity contribution in [3.05, 3.63) is 66.3 Å². The van der Waals surface area contributed by atoms with Crippen molar-refractivity contribution in [3.8, 4) is 17.3 Å². The lowest BCUT2D eigenvalue weighted by atomic mass is 10.1. The zero-order valence-electron chi connectivity index (χ0n) is 12.0. The molecule has 0 saturated carbocycles. The van der Waals surface area contributed by atoms with Gasteiger partial charge in [-0.15, -0.1) is 0 Å². The number of pyridine rings is 1. The van der Waals surface area contributed by atoms with Crippen molar-refractivity contribution in [1.29, 1.82) is 5.26 Å². The molecule has 0 spiro atoms. The smallest absolute Gasteiger partial charge is 0.144 e. The number of para-hydroxylation sites is 1. The molecule has 0 N–H and O–H groups in total. The number of aromatic nitrogens is 1. The summed E-state index contributed by atoms with van der Waals surface area (Å²) in [6.45, 7) is 0. The van der Waals surface area contributed by atoms with Crippen LogP contribution in [0.15, 0.2) is 65.2 Å². The Morgan fingerprint density at radius 3 is 2.81 bits per heavy atom. The lowest BCUT2D eigenvalue weighted by Gasteiger charge is -2.00. The maximum atomic E-state index is 9.06. The molecule has 0 aliphatic heterocycles. The van der Waals surface area contributed by atoms with Gasteiger partial charge in [-0.2, -0.15) is 5.26 Å². The van der Waals surface area contributed by atoms with E-state index in [1.807, 2.05) is 48.5 Å². The third-order valence-corrected chi connectivity index (χ3v) is 3.48. The first-order chi connectivity index (χ1) is 10.8. The van der Waals surface area contributed by atoms with Crippen molar-refractivity contribution in [2.24, 2.45) is 0 Å². The fourth-order valence-electron chi connectivity index (χ4n) is 2.52. The lowest BCUT2D eigenvalue weighted by Crippen LogP contribution is -1.81. The summed E-state index contributed by atoms with van der Waals surface area (Å²) in [6.07, 6.45) is 1.74. The third-order valence-electron chi connectivity index (χ3n) is 3.48. The highest BCUT2D eigenvalue weighted by Crippen LogP contribution is 2.35. The highest BCUT2D eigenvalue weighted by molar-refractivity contribution is 6.09. The minimum absolute atomic E-state index is 0.128. The fourth-order valence-corrected chi connectivity index (χ4v) is 2.52. The topological polar surface area (TPSA) is 49.8 Å². The van der Waals surface area contributed by atoms with E-state index < -0.39 is 0 Å². The van der Waals surface area contributed by atoms with Crippen LogP contribution in [-0.4, -0.2) is 4.98 Å². The molecule has 2 aromatic heterocycles. The normalized spacial score (nSPS) is 11.5. The van der Waals surface area contributed by atoms with E-state index >= 15 is 0 Å². The molecule has 4 rings (SSSR count). The standard InChI is InChI=1S/C18H10N2O/c19-11-12-7-8-13-14-4-3-5-15(16-6-1-2-9-20-16)18(14)21-17(13)10-12/h1-10H/i10D. The van der Waals surface area contributed by atoms with Gasteiger partial charge in [0, 0.05) is 22.5 Å². The maximum Gasteiger partial charge on any atom is 0.144 e. The number of nitrogens with zero attached hydrogens (tertiary/aromatic N) is 2. The van der Waals surface area contributed by atoms with Crippen LogP contribution in [0.3, 0.4) is 0 Å². The van der Waals surface area contributed by atoms with Gasteiger partial charge < -0.3 is 4.42 Å². The Hall–Kier alpha value is -3.12. The van der Waals surface area contributed by atoms with Crippen LogP contribution < -0.4 is 0 Å². The van der Waals surface area contributed by atoms with Gasteiger partial charge in [0.2, 0.25) is 0 Å². The Balaban J connectivity index is 2.12. The molecule has 2 aromatic carbocycles. The van der Waals surface area contributed by atoms with Gasteiger partial charge >= 0.3 is 0 Å². The average Bonchev–Trinajstić information content (AvgIpc) is 2.96. The molecule has 4 aromatic rings. The fraction of sp³-hybridized carbons (Fsp3) is 0. The largest absolute Gasteiger partial charge is 0.455 e. The van der Waals surface area contributed by atoms with E-state index in [0.29, 0.717) is 16.7 Å². The molecule has 3 heteroatoms. The lowest BCUT2D eigenvalue weighted by molar-refractivity contribution is 0.669. The van der Waals surface area contributed by atoms with Crippen molar-refractivity contribution in [2.45, 2.75) is 0 Å². The summed E-state index contributed by atoms with van der Waals surface area (Å²) in [5, 5.41) is 10.8. The summed E-state index contributed by atoms with van der Waals surface area (Å²) in [4.78, 5) is 4.37. The van der Waals surface area contributed by atoms with Gasteiger partial charge in [0.15, 0.2) is 0 Å². The van der Waals surface area contributed by atoms with Crippen LogP contribution in [-0.2, 0) is 0 Å². The Bertz CT molecular complexity index is 1050.